The number of aryl methyl sites for hydroxylation is 4. The van der Waals surface area contributed by atoms with Crippen molar-refractivity contribution in [1.82, 2.24) is 68.8 Å². The Morgan fingerprint density at radius 1 is 0.750 bits per heavy atom. The Labute approximate surface area is 421 Å². The molecule has 0 bridgehead atoms. The van der Waals surface area contributed by atoms with E-state index in [2.05, 4.69) is 55.1 Å². The van der Waals surface area contributed by atoms with Crippen molar-refractivity contribution < 1.29 is 63.6 Å². The molecule has 2 saturated heterocycles. The SMILES string of the molecule is CC(C)(C)OC(=O)N1CC[C@H](N)C1.CCn1c(-c2cnc(C)nc2)nc2c(Cl)ncnc21.CCn1c(-c2cnc(C)nc2)nc2c(N[C@H]3CCN(C(=O)OC(C)(C)C)C3)ncnc21.O=CO[O-].[Na+]. The summed E-state index contributed by atoms with van der Waals surface area (Å²) in [4.78, 5) is 81.8. The zero-order chi connectivity index (χ0) is 49.1. The summed E-state index contributed by atoms with van der Waals surface area (Å²) < 4.78 is 14.7. The summed E-state index contributed by atoms with van der Waals surface area (Å²) in [7, 11) is 0. The average molecular weight is 969 g/mol. The Hall–Kier alpha value is -5.72. The maximum Gasteiger partial charge on any atom is 1.00 e. The molecule has 2 aliphatic rings. The van der Waals surface area contributed by atoms with Crippen LogP contribution in [0.2, 0.25) is 5.15 Å². The molecule has 2 atom stereocenters. The standard InChI is InChI=1S/C21H28N8O2.C12H11ClN6.C9H18N2O2.CH2O3.Na/c1-6-29-18(14-9-22-13(2)23-10-14)27-16-17(24-12-25-19(16)29)26-15-7-8-28(11-15)20(30)31-21(3,4)5;1-3-19-11(8-4-14-7(2)15-5-8)18-9-10(13)16-6-17-12(9)19;1-9(2,3)13-8(12)11-5-4-7(10)6-11;2-1-4-3;/h9-10,12,15H,6-8,11H2,1-5H3,(H,24,25,26);4-6H,3H2,1-2H3;7H,4-6,10H2,1-3H3;1,3H;/q;;;;+1/p-1/t15-;;7-;;/m0.0../s1. The third kappa shape index (κ3) is 14.9. The van der Waals surface area contributed by atoms with E-state index in [0.29, 0.717) is 54.0 Å². The normalized spacial score (nSPS) is 15.5. The second kappa shape index (κ2) is 24.5. The quantitative estimate of drug-likeness (QED) is 0.0757. The van der Waals surface area contributed by atoms with Gasteiger partial charge in [-0.25, -0.2) is 59.4 Å². The van der Waals surface area contributed by atoms with E-state index in [4.69, 9.17) is 41.8 Å². The second-order valence-corrected chi connectivity index (χ2v) is 17.7. The third-order valence-corrected chi connectivity index (χ3v) is 10.1. The Morgan fingerprint density at radius 2 is 1.19 bits per heavy atom. The van der Waals surface area contributed by atoms with Gasteiger partial charge < -0.3 is 49.6 Å². The number of nitrogens with zero attached hydrogens (tertiary/aromatic N) is 14. The molecular weight excluding hydrogens is 911 g/mol. The number of nitrogens with one attached hydrogen (secondary N) is 1. The van der Waals surface area contributed by atoms with E-state index in [0.717, 1.165) is 65.8 Å². The molecule has 2 fully saturated rings. The molecule has 2 aliphatic heterocycles. The molecule has 0 aromatic carbocycles. The average Bonchev–Trinajstić information content (AvgIpc) is 4.09. The maximum absolute atomic E-state index is 12.4. The fourth-order valence-electron chi connectivity index (χ4n) is 6.85. The van der Waals surface area contributed by atoms with Gasteiger partial charge in [-0.05, 0) is 82.1 Å². The minimum Gasteiger partial charge on any atom is -0.662 e. The first kappa shape index (κ1) is 54.9. The largest absolute Gasteiger partial charge is 1.00 e. The summed E-state index contributed by atoms with van der Waals surface area (Å²) in [5.41, 5.74) is 9.17. The van der Waals surface area contributed by atoms with Crippen LogP contribution in [0.25, 0.3) is 45.1 Å². The van der Waals surface area contributed by atoms with Crippen molar-refractivity contribution in [1.29, 1.82) is 0 Å². The number of carbonyl (C=O) groups is 3. The molecule has 23 nitrogen and oxygen atoms in total. The van der Waals surface area contributed by atoms with Crippen molar-refractivity contribution in [3.63, 3.8) is 0 Å². The van der Waals surface area contributed by atoms with Crippen molar-refractivity contribution >= 4 is 58.4 Å². The van der Waals surface area contributed by atoms with Crippen LogP contribution in [0.4, 0.5) is 15.4 Å². The molecule has 0 spiro atoms. The molecule has 2 amide bonds. The van der Waals surface area contributed by atoms with Gasteiger partial charge in [0.2, 0.25) is 0 Å². The zero-order valence-electron chi connectivity index (χ0n) is 40.4. The molecule has 68 heavy (non-hydrogen) atoms. The number of hydrogen-bond donors (Lipinski definition) is 2. The molecule has 8 heterocycles. The molecule has 0 aliphatic carbocycles. The third-order valence-electron chi connectivity index (χ3n) is 9.83. The fourth-order valence-corrected chi connectivity index (χ4v) is 7.02. The van der Waals surface area contributed by atoms with Crippen molar-refractivity contribution in [2.75, 3.05) is 31.5 Å². The summed E-state index contributed by atoms with van der Waals surface area (Å²) in [6, 6.07) is 0.177. The van der Waals surface area contributed by atoms with Crippen LogP contribution < -0.4 is 45.9 Å². The number of carbonyl (C=O) groups excluding carboxylic acids is 3. The van der Waals surface area contributed by atoms with E-state index in [-0.39, 0.29) is 60.3 Å². The predicted octanol–water partition coefficient (Wildman–Crippen LogP) is 1.69. The number of anilines is 1. The maximum atomic E-state index is 12.4. The number of amides is 2. The van der Waals surface area contributed by atoms with Gasteiger partial charge in [-0.15, -0.1) is 0 Å². The van der Waals surface area contributed by atoms with Crippen LogP contribution in [-0.4, -0.2) is 137 Å². The van der Waals surface area contributed by atoms with E-state index < -0.39 is 11.2 Å². The van der Waals surface area contributed by atoms with Crippen LogP contribution in [0, 0.1) is 13.8 Å². The minimum atomic E-state index is -0.509. The molecule has 8 rings (SSSR count). The predicted molar refractivity (Wildman–Crippen MR) is 246 cm³/mol. The molecule has 0 radical (unpaired) electrons. The van der Waals surface area contributed by atoms with Gasteiger partial charge in [0.15, 0.2) is 27.8 Å². The fraction of sp³-hybridized carbons (Fsp3) is 0.512. The number of nitrogens with two attached hydrogens (primary N) is 1. The smallest absolute Gasteiger partial charge is 0.662 e. The van der Waals surface area contributed by atoms with Crippen LogP contribution >= 0.6 is 11.6 Å². The summed E-state index contributed by atoms with van der Waals surface area (Å²) >= 11 is 6.05. The van der Waals surface area contributed by atoms with Gasteiger partial charge in [-0.1, -0.05) is 11.6 Å². The number of likely N-dealkylation sites (tertiary alicyclic amines) is 2. The first-order chi connectivity index (χ1) is 31.7. The van der Waals surface area contributed by atoms with Crippen molar-refractivity contribution in [2.45, 2.75) is 118 Å². The van der Waals surface area contributed by atoms with Crippen LogP contribution in [0.15, 0.2) is 37.4 Å². The molecule has 360 valence electrons. The van der Waals surface area contributed by atoms with Gasteiger partial charge >= 0.3 is 41.7 Å². The molecule has 0 saturated carbocycles. The van der Waals surface area contributed by atoms with Gasteiger partial charge in [-0.3, -0.25) is 4.79 Å². The van der Waals surface area contributed by atoms with Crippen LogP contribution in [0.1, 0.15) is 79.9 Å². The Bertz CT molecular complexity index is 2600. The van der Waals surface area contributed by atoms with Gasteiger partial charge in [0.25, 0.3) is 6.47 Å². The molecule has 3 N–H and O–H groups in total. The number of ether oxygens (including phenoxy) is 2. The molecule has 6 aromatic heterocycles. The van der Waals surface area contributed by atoms with E-state index in [9.17, 15) is 9.59 Å². The second-order valence-electron chi connectivity index (χ2n) is 17.4. The molecule has 6 aromatic rings. The van der Waals surface area contributed by atoms with E-state index >= 15 is 0 Å². The van der Waals surface area contributed by atoms with Gasteiger partial charge in [0.1, 0.15) is 52.7 Å². The van der Waals surface area contributed by atoms with Crippen LogP contribution in [0.3, 0.4) is 0 Å². The summed E-state index contributed by atoms with van der Waals surface area (Å²) in [6.07, 6.45) is 11.1. The van der Waals surface area contributed by atoms with Gasteiger partial charge in [0, 0.05) is 76.1 Å². The van der Waals surface area contributed by atoms with Crippen LogP contribution in [-0.2, 0) is 32.2 Å². The van der Waals surface area contributed by atoms with Gasteiger partial charge in [-0.2, -0.15) is 0 Å². The number of imidazole rings is 2. The summed E-state index contributed by atoms with van der Waals surface area (Å²) in [6.45, 7) is 22.7. The summed E-state index contributed by atoms with van der Waals surface area (Å²) in [5.74, 6) is 3.59. The zero-order valence-corrected chi connectivity index (χ0v) is 43.2. The monoisotopic (exact) mass is 968 g/mol. The van der Waals surface area contributed by atoms with Crippen molar-refractivity contribution in [3.05, 3.63) is 54.2 Å². The van der Waals surface area contributed by atoms with Crippen molar-refractivity contribution in [2.24, 2.45) is 5.73 Å². The van der Waals surface area contributed by atoms with E-state index in [1.807, 2.05) is 78.4 Å². The van der Waals surface area contributed by atoms with Crippen molar-refractivity contribution in [3.8, 4) is 22.8 Å². The number of aromatic nitrogens is 12. The summed E-state index contributed by atoms with van der Waals surface area (Å²) in [5, 5.41) is 12.2. The number of hydrogen-bond acceptors (Lipinski definition) is 19. The molecule has 0 unspecified atom stereocenters. The van der Waals surface area contributed by atoms with Crippen LogP contribution in [0.5, 0.6) is 0 Å². The first-order valence-corrected chi connectivity index (χ1v) is 22.0. The Kier molecular flexibility index (Phi) is 19.8. The topological polar surface area (TPSA) is 285 Å². The van der Waals surface area contributed by atoms with E-state index in [1.165, 1.54) is 12.7 Å². The number of halogens is 1. The Balaban J connectivity index is 0.000000232. The minimum absolute atomic E-state index is 0. The van der Waals surface area contributed by atoms with E-state index in [1.54, 1.807) is 34.6 Å². The first-order valence-electron chi connectivity index (χ1n) is 21.6. The molecular formula is C43H58ClN16NaO7. The Morgan fingerprint density at radius 3 is 1.63 bits per heavy atom. The number of rotatable bonds is 7. The molecule has 25 heteroatoms. The van der Waals surface area contributed by atoms with Gasteiger partial charge in [0.05, 0.1) is 11.1 Å². The number of fused-ring (bicyclic) bond motifs is 2.